The van der Waals surface area contributed by atoms with Crippen molar-refractivity contribution in [1.82, 2.24) is 10.2 Å². The van der Waals surface area contributed by atoms with Gasteiger partial charge in [0.1, 0.15) is 5.60 Å². The molecule has 1 amide bonds. The number of carbonyl (C=O) groups excluding carboxylic acids is 1. The molecule has 0 aromatic carbocycles. The van der Waals surface area contributed by atoms with Gasteiger partial charge in [-0.25, -0.2) is 4.79 Å². The Balaban J connectivity index is 2.43. The van der Waals surface area contributed by atoms with E-state index in [1.807, 2.05) is 32.6 Å². The highest BCUT2D eigenvalue weighted by atomic mass is 16.6. The van der Waals surface area contributed by atoms with Crippen molar-refractivity contribution in [2.75, 3.05) is 13.1 Å². The van der Waals surface area contributed by atoms with Crippen molar-refractivity contribution in [3.05, 3.63) is 0 Å². The maximum Gasteiger partial charge on any atom is 0.410 e. The fraction of sp³-hybridized carbons (Fsp3) is 0.944. The maximum absolute atomic E-state index is 12.4. The van der Waals surface area contributed by atoms with Gasteiger partial charge < -0.3 is 20.1 Å². The summed E-state index contributed by atoms with van der Waals surface area (Å²) in [6.45, 7) is 11.4. The lowest BCUT2D eigenvalue weighted by molar-refractivity contribution is 0.00789. The number of hydrogen-bond donors (Lipinski definition) is 2. The summed E-state index contributed by atoms with van der Waals surface area (Å²) in [5, 5.41) is 12.8. The zero-order valence-electron chi connectivity index (χ0n) is 15.6. The number of amides is 1. The lowest BCUT2D eigenvalue weighted by Gasteiger charge is -2.38. The summed E-state index contributed by atoms with van der Waals surface area (Å²) in [6.07, 6.45) is 5.64. The summed E-state index contributed by atoms with van der Waals surface area (Å²) >= 11 is 0. The number of nitrogens with zero attached hydrogens (tertiary/aromatic N) is 1. The third-order valence-corrected chi connectivity index (χ3v) is 4.17. The van der Waals surface area contributed by atoms with E-state index in [0.29, 0.717) is 6.04 Å². The second kappa shape index (κ2) is 9.48. The first-order valence-electron chi connectivity index (χ1n) is 9.10. The lowest BCUT2D eigenvalue weighted by atomic mass is 9.96. The Bertz CT molecular complexity index is 353. The van der Waals surface area contributed by atoms with Crippen molar-refractivity contribution >= 4 is 6.09 Å². The first kappa shape index (κ1) is 20.2. The number of aliphatic hydroxyl groups is 1. The van der Waals surface area contributed by atoms with E-state index in [1.165, 1.54) is 6.42 Å². The molecular weight excluding hydrogens is 292 g/mol. The minimum atomic E-state index is -0.441. The quantitative estimate of drug-likeness (QED) is 0.704. The van der Waals surface area contributed by atoms with E-state index in [2.05, 4.69) is 12.2 Å². The second-order valence-corrected chi connectivity index (χ2v) is 7.91. The molecular formula is C18H36N2O3. The van der Waals surface area contributed by atoms with Crippen molar-refractivity contribution in [1.29, 1.82) is 0 Å². The predicted octanol–water partition coefficient (Wildman–Crippen LogP) is 3.31. The number of carbonyl (C=O) groups is 1. The number of aliphatic hydroxyl groups excluding tert-OH is 1. The molecule has 23 heavy (non-hydrogen) atoms. The fourth-order valence-electron chi connectivity index (χ4n) is 3.04. The minimum Gasteiger partial charge on any atom is -0.444 e. The second-order valence-electron chi connectivity index (χ2n) is 7.91. The molecule has 0 radical (unpaired) electrons. The third kappa shape index (κ3) is 8.56. The zero-order chi connectivity index (χ0) is 17.5. The number of rotatable bonds is 7. The highest BCUT2D eigenvalue weighted by Crippen LogP contribution is 2.23. The van der Waals surface area contributed by atoms with Gasteiger partial charge in [0.2, 0.25) is 0 Å². The molecule has 1 rings (SSSR count). The van der Waals surface area contributed by atoms with Crippen LogP contribution in [0.2, 0.25) is 0 Å². The van der Waals surface area contributed by atoms with Crippen LogP contribution in [0, 0.1) is 0 Å². The lowest BCUT2D eigenvalue weighted by Crippen LogP contribution is -2.48. The molecule has 136 valence electrons. The largest absolute Gasteiger partial charge is 0.444 e. The minimum absolute atomic E-state index is 0.177. The van der Waals surface area contributed by atoms with E-state index in [-0.39, 0.29) is 18.2 Å². The van der Waals surface area contributed by atoms with Gasteiger partial charge in [-0.05, 0) is 79.7 Å². The number of nitrogens with one attached hydrogen (secondary N) is 1. The molecule has 5 nitrogen and oxygen atoms in total. The van der Waals surface area contributed by atoms with Gasteiger partial charge in [-0.15, -0.1) is 0 Å². The van der Waals surface area contributed by atoms with Crippen molar-refractivity contribution in [3.63, 3.8) is 0 Å². The van der Waals surface area contributed by atoms with Crippen molar-refractivity contribution in [2.24, 2.45) is 0 Å². The molecule has 0 aromatic rings. The Morgan fingerprint density at radius 3 is 2.65 bits per heavy atom. The number of hydrogen-bond acceptors (Lipinski definition) is 4. The average Bonchev–Trinajstić information content (AvgIpc) is 2.42. The summed E-state index contributed by atoms with van der Waals surface area (Å²) in [6, 6.07) is 0.620. The van der Waals surface area contributed by atoms with Crippen LogP contribution in [0.25, 0.3) is 0 Å². The molecule has 0 saturated carbocycles. The fourth-order valence-corrected chi connectivity index (χ4v) is 3.04. The van der Waals surface area contributed by atoms with E-state index in [0.717, 1.165) is 45.2 Å². The van der Waals surface area contributed by atoms with Crippen LogP contribution < -0.4 is 5.32 Å². The molecule has 0 aromatic heterocycles. The smallest absolute Gasteiger partial charge is 0.410 e. The molecule has 0 bridgehead atoms. The summed E-state index contributed by atoms with van der Waals surface area (Å²) in [4.78, 5) is 14.3. The summed E-state index contributed by atoms with van der Waals surface area (Å²) < 4.78 is 5.55. The van der Waals surface area contributed by atoms with E-state index >= 15 is 0 Å². The van der Waals surface area contributed by atoms with Gasteiger partial charge in [-0.2, -0.15) is 0 Å². The SMILES string of the molecule is CC(O)CCCNC(C)CC1CCCCN1C(=O)OC(C)(C)C. The van der Waals surface area contributed by atoms with Gasteiger partial charge in [0.05, 0.1) is 6.10 Å². The van der Waals surface area contributed by atoms with E-state index in [9.17, 15) is 9.90 Å². The van der Waals surface area contributed by atoms with Gasteiger partial charge in [0.25, 0.3) is 0 Å². The number of likely N-dealkylation sites (tertiary alicyclic amines) is 1. The molecule has 1 heterocycles. The Labute approximate surface area is 141 Å². The molecule has 2 N–H and O–H groups in total. The normalized spacial score (nSPS) is 21.8. The third-order valence-electron chi connectivity index (χ3n) is 4.17. The van der Waals surface area contributed by atoms with Crippen molar-refractivity contribution in [2.45, 2.75) is 96.9 Å². The Morgan fingerprint density at radius 2 is 2.04 bits per heavy atom. The van der Waals surface area contributed by atoms with Crippen LogP contribution in [0.4, 0.5) is 4.79 Å². The first-order valence-corrected chi connectivity index (χ1v) is 9.10. The van der Waals surface area contributed by atoms with Gasteiger partial charge >= 0.3 is 6.09 Å². The molecule has 1 saturated heterocycles. The molecule has 5 heteroatoms. The molecule has 0 spiro atoms. The van der Waals surface area contributed by atoms with Crippen molar-refractivity contribution in [3.8, 4) is 0 Å². The molecule has 1 aliphatic heterocycles. The Hall–Kier alpha value is -0.810. The van der Waals surface area contributed by atoms with Crippen LogP contribution in [0.1, 0.15) is 73.1 Å². The van der Waals surface area contributed by atoms with E-state index in [4.69, 9.17) is 4.74 Å². The van der Waals surface area contributed by atoms with Crippen LogP contribution in [-0.4, -0.2) is 53.0 Å². The van der Waals surface area contributed by atoms with Crippen LogP contribution >= 0.6 is 0 Å². The van der Waals surface area contributed by atoms with Crippen LogP contribution in [-0.2, 0) is 4.74 Å². The molecule has 3 unspecified atom stereocenters. The van der Waals surface area contributed by atoms with E-state index < -0.39 is 5.60 Å². The van der Waals surface area contributed by atoms with E-state index in [1.54, 1.807) is 0 Å². The highest BCUT2D eigenvalue weighted by Gasteiger charge is 2.31. The van der Waals surface area contributed by atoms with Gasteiger partial charge in [0, 0.05) is 18.6 Å². The highest BCUT2D eigenvalue weighted by molar-refractivity contribution is 5.68. The first-order chi connectivity index (χ1) is 10.7. The topological polar surface area (TPSA) is 61.8 Å². The standard InChI is InChI=1S/C18H36N2O3/c1-14(19-11-8-9-15(2)21)13-16-10-6-7-12-20(16)17(22)23-18(3,4)5/h14-16,19,21H,6-13H2,1-5H3. The maximum atomic E-state index is 12.4. The molecule has 0 aliphatic carbocycles. The van der Waals surface area contributed by atoms with Crippen LogP contribution in [0.15, 0.2) is 0 Å². The zero-order valence-corrected chi connectivity index (χ0v) is 15.6. The van der Waals surface area contributed by atoms with Gasteiger partial charge in [-0.3, -0.25) is 0 Å². The summed E-state index contributed by atoms with van der Waals surface area (Å²) in [5.74, 6) is 0. The van der Waals surface area contributed by atoms with Crippen LogP contribution in [0.5, 0.6) is 0 Å². The Morgan fingerprint density at radius 1 is 1.35 bits per heavy atom. The number of piperidine rings is 1. The average molecular weight is 328 g/mol. The van der Waals surface area contributed by atoms with Gasteiger partial charge in [-0.1, -0.05) is 0 Å². The van der Waals surface area contributed by atoms with Gasteiger partial charge in [0.15, 0.2) is 0 Å². The molecule has 1 aliphatic rings. The monoisotopic (exact) mass is 328 g/mol. The summed E-state index contributed by atoms with van der Waals surface area (Å²) in [7, 11) is 0. The summed E-state index contributed by atoms with van der Waals surface area (Å²) in [5.41, 5.74) is -0.441. The molecule has 3 atom stereocenters. The number of ether oxygens (including phenoxy) is 1. The predicted molar refractivity (Wildman–Crippen MR) is 93.6 cm³/mol. The Kier molecular flexibility index (Phi) is 8.34. The van der Waals surface area contributed by atoms with Crippen molar-refractivity contribution < 1.29 is 14.6 Å². The van der Waals surface area contributed by atoms with Crippen LogP contribution in [0.3, 0.4) is 0 Å². The molecule has 1 fully saturated rings.